The minimum absolute atomic E-state index is 0.116. The Morgan fingerprint density at radius 3 is 1.68 bits per heavy atom. The normalized spacial score (nSPS) is 11.4. The van der Waals surface area contributed by atoms with Crippen LogP contribution >= 0.6 is 15.9 Å². The molecule has 168 valence electrons. The predicted molar refractivity (Wildman–Crippen MR) is 141 cm³/mol. The number of benzene rings is 4. The van der Waals surface area contributed by atoms with Crippen LogP contribution in [-0.2, 0) is 4.79 Å². The van der Waals surface area contributed by atoms with E-state index < -0.39 is 5.92 Å². The van der Waals surface area contributed by atoms with Gasteiger partial charge in [-0.1, -0.05) is 109 Å². The number of hydrogen-bond acceptors (Lipinski definition) is 2. The average molecular weight is 509 g/mol. The van der Waals surface area contributed by atoms with Crippen LogP contribution in [0.15, 0.2) is 115 Å². The first-order valence-electron chi connectivity index (χ1n) is 11.3. The molecule has 2 nitrogen and oxygen atoms in total. The molecule has 34 heavy (non-hydrogen) atoms. The minimum atomic E-state index is -0.394. The van der Waals surface area contributed by atoms with Crippen LogP contribution in [0, 0.1) is 10.8 Å². The van der Waals surface area contributed by atoms with E-state index >= 15 is 0 Å². The van der Waals surface area contributed by atoms with Crippen molar-refractivity contribution in [2.24, 2.45) is 0 Å². The van der Waals surface area contributed by atoms with Gasteiger partial charge in [0.15, 0.2) is 0 Å². The summed E-state index contributed by atoms with van der Waals surface area (Å²) in [4.78, 5) is 15.8. The Labute approximate surface area is 209 Å². The van der Waals surface area contributed by atoms with Crippen LogP contribution < -0.4 is 4.74 Å². The van der Waals surface area contributed by atoms with Crippen molar-refractivity contribution in [3.8, 4) is 16.5 Å². The molecule has 0 fully saturated rings. The molecule has 4 aromatic rings. The topological polar surface area (TPSA) is 26.3 Å². The van der Waals surface area contributed by atoms with Crippen LogP contribution in [0.3, 0.4) is 0 Å². The van der Waals surface area contributed by atoms with Gasteiger partial charge in [0.1, 0.15) is 5.75 Å². The molecule has 0 spiro atoms. The third kappa shape index (κ3) is 6.04. The molecule has 0 aromatic heterocycles. The van der Waals surface area contributed by atoms with Crippen LogP contribution in [0.2, 0.25) is 0 Å². The molecule has 4 rings (SSSR count). The van der Waals surface area contributed by atoms with Crippen molar-refractivity contribution in [1.29, 1.82) is 0 Å². The fourth-order valence-corrected chi connectivity index (χ4v) is 4.35. The van der Waals surface area contributed by atoms with Crippen molar-refractivity contribution in [3.63, 3.8) is 0 Å². The second kappa shape index (κ2) is 12.0. The Morgan fingerprint density at radius 2 is 1.15 bits per heavy atom. The van der Waals surface area contributed by atoms with Gasteiger partial charge in [0.25, 0.3) is 0 Å². The molecule has 0 aliphatic carbocycles. The summed E-state index contributed by atoms with van der Waals surface area (Å²) in [6.45, 7) is 0. The number of rotatable bonds is 8. The molecule has 3 heteroatoms. The molecule has 0 saturated carbocycles. The van der Waals surface area contributed by atoms with Gasteiger partial charge < -0.3 is 4.74 Å². The van der Waals surface area contributed by atoms with Gasteiger partial charge in [-0.2, -0.15) is 0 Å². The lowest BCUT2D eigenvalue weighted by Crippen LogP contribution is -2.19. The van der Waals surface area contributed by atoms with E-state index in [0.717, 1.165) is 5.56 Å². The molecular formula is C31H25BrO2. The Bertz CT molecular complexity index is 1200. The van der Waals surface area contributed by atoms with Crippen LogP contribution in [0.4, 0.5) is 0 Å². The molecule has 0 N–H and O–H groups in total. The molecule has 0 amide bonds. The molecule has 0 saturated heterocycles. The summed E-state index contributed by atoms with van der Waals surface area (Å²) >= 11 is 3.14. The summed E-state index contributed by atoms with van der Waals surface area (Å²) < 4.78 is 5.68. The lowest BCUT2D eigenvalue weighted by atomic mass is 9.84. The minimum Gasteiger partial charge on any atom is -0.426 e. The van der Waals surface area contributed by atoms with Crippen molar-refractivity contribution >= 4 is 21.9 Å². The van der Waals surface area contributed by atoms with E-state index in [0.29, 0.717) is 18.6 Å². The summed E-state index contributed by atoms with van der Waals surface area (Å²) in [6, 6.07) is 38.5. The van der Waals surface area contributed by atoms with Crippen molar-refractivity contribution in [3.05, 3.63) is 138 Å². The maximum absolute atomic E-state index is 13.1. The van der Waals surface area contributed by atoms with E-state index in [4.69, 9.17) is 4.74 Å². The van der Waals surface area contributed by atoms with E-state index in [2.05, 4.69) is 87.3 Å². The number of hydrogen-bond donors (Lipinski definition) is 0. The van der Waals surface area contributed by atoms with Crippen molar-refractivity contribution < 1.29 is 9.53 Å². The lowest BCUT2D eigenvalue weighted by molar-refractivity contribution is -0.136. The first-order chi connectivity index (χ1) is 16.8. The second-order valence-electron chi connectivity index (χ2n) is 8.02. The number of esters is 1. The van der Waals surface area contributed by atoms with Crippen LogP contribution in [0.25, 0.3) is 0 Å². The van der Waals surface area contributed by atoms with Gasteiger partial charge in [-0.15, -0.1) is 0 Å². The Kier molecular flexibility index (Phi) is 8.32. The first kappa shape index (κ1) is 23.5. The Morgan fingerprint density at radius 1 is 0.676 bits per heavy atom. The van der Waals surface area contributed by atoms with Gasteiger partial charge in [0, 0.05) is 28.3 Å². The number of carbonyl (C=O) groups is 1. The smallest absolute Gasteiger partial charge is 0.318 e. The van der Waals surface area contributed by atoms with E-state index in [-0.39, 0.29) is 11.9 Å². The van der Waals surface area contributed by atoms with Gasteiger partial charge in [0.2, 0.25) is 0 Å². The molecule has 0 aliphatic rings. The fraction of sp³-hybridized carbons (Fsp3) is 0.129. The second-order valence-corrected chi connectivity index (χ2v) is 8.41. The monoisotopic (exact) mass is 508 g/mol. The van der Waals surface area contributed by atoms with E-state index in [1.807, 2.05) is 42.5 Å². The molecule has 1 unspecified atom stereocenters. The first-order valence-corrected chi connectivity index (χ1v) is 12.1. The van der Waals surface area contributed by atoms with Crippen LogP contribution in [0.1, 0.15) is 46.9 Å². The number of halogens is 1. The molecule has 0 aliphatic heterocycles. The highest BCUT2D eigenvalue weighted by atomic mass is 79.9. The van der Waals surface area contributed by atoms with Gasteiger partial charge >= 0.3 is 5.97 Å². The maximum atomic E-state index is 13.1. The molecule has 0 radical (unpaired) electrons. The van der Waals surface area contributed by atoms with Gasteiger partial charge in [0.05, 0.1) is 5.92 Å². The highest BCUT2D eigenvalue weighted by Crippen LogP contribution is 2.33. The van der Waals surface area contributed by atoms with Gasteiger partial charge in [-0.3, -0.25) is 4.79 Å². The summed E-state index contributed by atoms with van der Waals surface area (Å²) in [5.41, 5.74) is 4.57. The molecular weight excluding hydrogens is 484 g/mol. The van der Waals surface area contributed by atoms with Crippen molar-refractivity contribution in [2.75, 3.05) is 0 Å². The SMILES string of the molecule is O=C(Oc1ccccc1)C(CCC#CBr)c1ccc(C(c2ccccc2)c2ccccc2)cc1. The van der Waals surface area contributed by atoms with Crippen molar-refractivity contribution in [1.82, 2.24) is 0 Å². The van der Waals surface area contributed by atoms with E-state index in [1.54, 1.807) is 12.1 Å². The quantitative estimate of drug-likeness (QED) is 0.105. The lowest BCUT2D eigenvalue weighted by Gasteiger charge is -2.20. The third-order valence-corrected chi connectivity index (χ3v) is 6.09. The standard InChI is InChI=1S/C31H25BrO2/c32-23-11-10-18-29(31(33)34-28-16-8-3-9-17-28)24-19-21-27(22-20-24)30(25-12-4-1-5-13-25)26-14-6-2-7-15-26/h1-9,12-17,19-22,29-30H,10,18H2. The third-order valence-electron chi connectivity index (χ3n) is 5.81. The highest BCUT2D eigenvalue weighted by Gasteiger charge is 2.23. The van der Waals surface area contributed by atoms with E-state index in [1.165, 1.54) is 16.7 Å². The van der Waals surface area contributed by atoms with Crippen molar-refractivity contribution in [2.45, 2.75) is 24.7 Å². The summed E-state index contributed by atoms with van der Waals surface area (Å²) in [5, 5.41) is 0. The average Bonchev–Trinajstić information content (AvgIpc) is 2.89. The summed E-state index contributed by atoms with van der Waals surface area (Å²) in [7, 11) is 0. The van der Waals surface area contributed by atoms with Gasteiger partial charge in [-0.25, -0.2) is 0 Å². The molecule has 1 atom stereocenters. The molecule has 4 aromatic carbocycles. The van der Waals surface area contributed by atoms with Gasteiger partial charge in [-0.05, 0) is 45.6 Å². The zero-order chi connectivity index (χ0) is 23.6. The molecule has 0 heterocycles. The Hall–Kier alpha value is -3.61. The van der Waals surface area contributed by atoms with Crippen LogP contribution in [0.5, 0.6) is 5.75 Å². The number of para-hydroxylation sites is 1. The summed E-state index contributed by atoms with van der Waals surface area (Å²) in [6.07, 6.45) is 1.18. The predicted octanol–water partition coefficient (Wildman–Crippen LogP) is 7.69. The largest absolute Gasteiger partial charge is 0.426 e. The maximum Gasteiger partial charge on any atom is 0.318 e. The highest BCUT2D eigenvalue weighted by molar-refractivity contribution is 9.12. The summed E-state index contributed by atoms with van der Waals surface area (Å²) in [5.74, 6) is 3.01. The van der Waals surface area contributed by atoms with E-state index in [9.17, 15) is 4.79 Å². The van der Waals surface area contributed by atoms with Crippen LogP contribution in [-0.4, -0.2) is 5.97 Å². The zero-order valence-electron chi connectivity index (χ0n) is 18.7. The zero-order valence-corrected chi connectivity index (χ0v) is 20.3. The number of ether oxygens (including phenoxy) is 1. The Balaban J connectivity index is 1.63. The fourth-order valence-electron chi connectivity index (χ4n) is 4.15. The number of carbonyl (C=O) groups excluding carboxylic acids is 1. The molecule has 0 bridgehead atoms.